The molecule has 4 rings (SSSR count). The minimum Gasteiger partial charge on any atom is -0.444 e. The van der Waals surface area contributed by atoms with Gasteiger partial charge in [0, 0.05) is 31.9 Å². The van der Waals surface area contributed by atoms with Crippen molar-refractivity contribution in [2.45, 2.75) is 63.5 Å². The van der Waals surface area contributed by atoms with E-state index in [1.54, 1.807) is 32.5 Å². The van der Waals surface area contributed by atoms with Crippen LogP contribution in [0.2, 0.25) is 0 Å². The van der Waals surface area contributed by atoms with Crippen LogP contribution in [0, 0.1) is 5.92 Å². The molecule has 10 heteroatoms. The fourth-order valence-corrected chi connectivity index (χ4v) is 7.40. The fraction of sp³-hybridized carbons (Fsp3) is 0.462. The van der Waals surface area contributed by atoms with E-state index < -0.39 is 34.4 Å². The molecule has 3 aromatic carbocycles. The average Bonchev–Trinajstić information content (AvgIpc) is 3.11. The van der Waals surface area contributed by atoms with Gasteiger partial charge in [-0.2, -0.15) is 0 Å². The van der Waals surface area contributed by atoms with Crippen LogP contribution in [0.15, 0.2) is 91.0 Å². The summed E-state index contributed by atoms with van der Waals surface area (Å²) in [7, 11) is 0. The third-order valence-electron chi connectivity index (χ3n) is 8.64. The fourth-order valence-electron chi connectivity index (χ4n) is 5.84. The molecule has 1 aliphatic rings. The SMILES string of the molecule is CC[C@H](C)[C@H](NC(=O)[C@H](CSC(c1ccccc1)(c1ccccc1)c1ccccc1)NC(=O)OC(C)(C)C)C(=O)NCCN1CCOCC1. The van der Waals surface area contributed by atoms with E-state index in [4.69, 9.17) is 9.47 Å². The molecule has 1 fully saturated rings. The molecule has 3 N–H and O–H groups in total. The van der Waals surface area contributed by atoms with Crippen LogP contribution in [-0.4, -0.2) is 85.6 Å². The molecule has 0 bridgehead atoms. The van der Waals surface area contributed by atoms with Gasteiger partial charge in [0.05, 0.1) is 18.0 Å². The summed E-state index contributed by atoms with van der Waals surface area (Å²) in [5.74, 6) is -0.642. The van der Waals surface area contributed by atoms with E-state index >= 15 is 0 Å². The Bertz CT molecular complexity index is 1370. The van der Waals surface area contributed by atoms with Crippen LogP contribution < -0.4 is 16.0 Å². The number of hydrogen-bond donors (Lipinski definition) is 3. The Morgan fingerprint density at radius 3 is 1.80 bits per heavy atom. The molecular formula is C39H52N4O5S. The van der Waals surface area contributed by atoms with Crippen LogP contribution in [0.3, 0.4) is 0 Å². The van der Waals surface area contributed by atoms with Gasteiger partial charge in [0.25, 0.3) is 0 Å². The summed E-state index contributed by atoms with van der Waals surface area (Å²) in [6.45, 7) is 13.5. The van der Waals surface area contributed by atoms with Gasteiger partial charge in [-0.05, 0) is 43.4 Å². The standard InChI is InChI=1S/C39H52N4O5S/c1-6-29(2)34(36(45)40-22-23-43-24-26-47-27-25-43)42-35(44)33(41-37(46)48-38(3,4)5)28-49-39(30-16-10-7-11-17-30,31-18-12-8-13-19-31)32-20-14-9-15-21-32/h7-21,29,33-34H,6,22-28H2,1-5H3,(H,40,45)(H,41,46)(H,42,44)/t29-,33-,34-/m0/s1. The Kier molecular flexibility index (Phi) is 14.1. The summed E-state index contributed by atoms with van der Waals surface area (Å²) in [5.41, 5.74) is 2.34. The number of amides is 3. The molecule has 264 valence electrons. The normalized spacial score (nSPS) is 15.8. The van der Waals surface area contributed by atoms with Crippen molar-refractivity contribution in [3.63, 3.8) is 0 Å². The molecule has 0 aromatic heterocycles. The molecule has 49 heavy (non-hydrogen) atoms. The van der Waals surface area contributed by atoms with Crippen molar-refractivity contribution < 1.29 is 23.9 Å². The highest BCUT2D eigenvalue weighted by molar-refractivity contribution is 8.00. The highest BCUT2D eigenvalue weighted by atomic mass is 32.2. The minimum atomic E-state index is -1.01. The maximum absolute atomic E-state index is 14.2. The summed E-state index contributed by atoms with van der Waals surface area (Å²) in [6, 6.07) is 28.7. The summed E-state index contributed by atoms with van der Waals surface area (Å²) in [5, 5.41) is 8.88. The van der Waals surface area contributed by atoms with E-state index in [1.807, 2.05) is 68.4 Å². The van der Waals surface area contributed by atoms with Crippen LogP contribution in [0.4, 0.5) is 4.79 Å². The van der Waals surface area contributed by atoms with Crippen molar-refractivity contribution in [1.82, 2.24) is 20.9 Å². The van der Waals surface area contributed by atoms with Crippen LogP contribution in [0.5, 0.6) is 0 Å². The summed E-state index contributed by atoms with van der Waals surface area (Å²) < 4.78 is 10.3. The molecular weight excluding hydrogens is 637 g/mol. The number of ether oxygens (including phenoxy) is 2. The van der Waals surface area contributed by atoms with Crippen molar-refractivity contribution in [1.29, 1.82) is 0 Å². The Morgan fingerprint density at radius 2 is 1.33 bits per heavy atom. The second kappa shape index (κ2) is 18.2. The average molecular weight is 689 g/mol. The van der Waals surface area contributed by atoms with Gasteiger partial charge in [-0.25, -0.2) is 4.79 Å². The van der Waals surface area contributed by atoms with Crippen molar-refractivity contribution >= 4 is 29.7 Å². The third-order valence-corrected chi connectivity index (χ3v) is 10.3. The first kappa shape index (κ1) is 38.0. The van der Waals surface area contributed by atoms with Gasteiger partial charge in [0.2, 0.25) is 11.8 Å². The number of thioether (sulfide) groups is 1. The zero-order chi connectivity index (χ0) is 35.3. The number of carbonyl (C=O) groups is 3. The molecule has 0 saturated carbocycles. The first-order valence-corrected chi connectivity index (χ1v) is 18.2. The first-order valence-electron chi connectivity index (χ1n) is 17.2. The van der Waals surface area contributed by atoms with Crippen molar-refractivity contribution in [3.05, 3.63) is 108 Å². The van der Waals surface area contributed by atoms with Crippen molar-refractivity contribution in [2.75, 3.05) is 45.1 Å². The lowest BCUT2D eigenvalue weighted by atomic mass is 9.84. The van der Waals surface area contributed by atoms with Crippen LogP contribution in [0.1, 0.15) is 57.7 Å². The van der Waals surface area contributed by atoms with E-state index in [0.717, 1.165) is 29.8 Å². The first-order chi connectivity index (χ1) is 23.5. The Hall–Kier alpha value is -3.86. The summed E-state index contributed by atoms with van der Waals surface area (Å²) >= 11 is 1.56. The topological polar surface area (TPSA) is 109 Å². The molecule has 1 saturated heterocycles. The van der Waals surface area contributed by atoms with E-state index in [2.05, 4.69) is 57.2 Å². The number of rotatable bonds is 15. The van der Waals surface area contributed by atoms with Gasteiger partial charge in [0.15, 0.2) is 0 Å². The number of nitrogens with one attached hydrogen (secondary N) is 3. The minimum absolute atomic E-state index is 0.140. The summed E-state index contributed by atoms with van der Waals surface area (Å²) in [6.07, 6.45) is -0.0205. The molecule has 0 aliphatic carbocycles. The summed E-state index contributed by atoms with van der Waals surface area (Å²) in [4.78, 5) is 43.2. The van der Waals surface area contributed by atoms with E-state index in [-0.39, 0.29) is 17.6 Å². The molecule has 9 nitrogen and oxygen atoms in total. The number of alkyl carbamates (subject to hydrolysis) is 1. The molecule has 3 amide bonds. The lowest BCUT2D eigenvalue weighted by Gasteiger charge is -2.37. The molecule has 1 aliphatic heterocycles. The van der Waals surface area contributed by atoms with Crippen LogP contribution in [-0.2, 0) is 23.8 Å². The number of hydrogen-bond acceptors (Lipinski definition) is 7. The molecule has 0 spiro atoms. The highest BCUT2D eigenvalue weighted by Gasteiger charge is 2.39. The number of morpholine rings is 1. The third kappa shape index (κ3) is 10.8. The zero-order valence-corrected chi connectivity index (χ0v) is 30.3. The second-order valence-electron chi connectivity index (χ2n) is 13.4. The Balaban J connectivity index is 1.63. The monoisotopic (exact) mass is 688 g/mol. The number of carbonyl (C=O) groups excluding carboxylic acids is 3. The number of nitrogens with zero attached hydrogens (tertiary/aromatic N) is 1. The lowest BCUT2D eigenvalue weighted by molar-refractivity contribution is -0.131. The van der Waals surface area contributed by atoms with Gasteiger partial charge in [-0.15, -0.1) is 11.8 Å². The quantitative estimate of drug-likeness (QED) is 0.179. The predicted octanol–water partition coefficient (Wildman–Crippen LogP) is 5.58. The highest BCUT2D eigenvalue weighted by Crippen LogP contribution is 2.48. The van der Waals surface area contributed by atoms with E-state index in [1.165, 1.54) is 0 Å². The zero-order valence-electron chi connectivity index (χ0n) is 29.4. The smallest absolute Gasteiger partial charge is 0.408 e. The van der Waals surface area contributed by atoms with Gasteiger partial charge >= 0.3 is 6.09 Å². The maximum Gasteiger partial charge on any atom is 0.408 e. The maximum atomic E-state index is 14.2. The molecule has 1 heterocycles. The van der Waals surface area contributed by atoms with Gasteiger partial charge < -0.3 is 25.4 Å². The molecule has 3 aromatic rings. The van der Waals surface area contributed by atoms with E-state index in [9.17, 15) is 14.4 Å². The van der Waals surface area contributed by atoms with Gasteiger partial charge in [-0.1, -0.05) is 111 Å². The van der Waals surface area contributed by atoms with Gasteiger partial charge in [-0.3, -0.25) is 14.5 Å². The van der Waals surface area contributed by atoms with Crippen LogP contribution >= 0.6 is 11.8 Å². The van der Waals surface area contributed by atoms with Crippen molar-refractivity contribution in [3.8, 4) is 0 Å². The molecule has 0 unspecified atom stereocenters. The van der Waals surface area contributed by atoms with Crippen LogP contribution in [0.25, 0.3) is 0 Å². The second-order valence-corrected chi connectivity index (χ2v) is 14.6. The van der Waals surface area contributed by atoms with E-state index in [0.29, 0.717) is 32.7 Å². The van der Waals surface area contributed by atoms with Gasteiger partial charge in [0.1, 0.15) is 17.7 Å². The molecule has 3 atom stereocenters. The molecule has 0 radical (unpaired) electrons. The van der Waals surface area contributed by atoms with Crippen molar-refractivity contribution in [2.24, 2.45) is 5.92 Å². The largest absolute Gasteiger partial charge is 0.444 e. The number of benzene rings is 3. The Labute approximate surface area is 295 Å². The predicted molar refractivity (Wildman–Crippen MR) is 196 cm³/mol. The lowest BCUT2D eigenvalue weighted by Crippen LogP contribution is -2.57. The Morgan fingerprint density at radius 1 is 0.816 bits per heavy atom.